The molecule has 2 rings (SSSR count). The normalized spacial score (nSPS) is 10.7. The summed E-state index contributed by atoms with van der Waals surface area (Å²) in [7, 11) is 0. The zero-order chi connectivity index (χ0) is 17.5. The van der Waals surface area contributed by atoms with E-state index >= 15 is 0 Å². The van der Waals surface area contributed by atoms with Crippen LogP contribution in [-0.2, 0) is 11.3 Å². The Balaban J connectivity index is 2.19. The molecule has 1 N–H and O–H groups in total. The van der Waals surface area contributed by atoms with Crippen LogP contribution in [0, 0.1) is 5.82 Å². The van der Waals surface area contributed by atoms with E-state index in [0.29, 0.717) is 30.2 Å². The highest BCUT2D eigenvalue weighted by molar-refractivity contribution is 6.04. The third kappa shape index (κ3) is 5.06. The lowest BCUT2D eigenvalue weighted by atomic mass is 10.1. The Labute approximate surface area is 141 Å². The Kier molecular flexibility index (Phi) is 6.32. The van der Waals surface area contributed by atoms with Crippen LogP contribution in [0.15, 0.2) is 42.5 Å². The molecule has 4 nitrogen and oxygen atoms in total. The molecule has 0 bridgehead atoms. The van der Waals surface area contributed by atoms with Crippen LogP contribution in [0.5, 0.6) is 5.75 Å². The van der Waals surface area contributed by atoms with Crippen molar-refractivity contribution in [2.24, 2.45) is 0 Å². The fourth-order valence-electron chi connectivity index (χ4n) is 2.16. The first-order chi connectivity index (χ1) is 11.5. The van der Waals surface area contributed by atoms with E-state index in [2.05, 4.69) is 5.32 Å². The topological polar surface area (TPSA) is 47.6 Å². The quantitative estimate of drug-likeness (QED) is 0.818. The smallest absolute Gasteiger partial charge is 0.255 e. The average Bonchev–Trinajstić information content (AvgIpc) is 2.54. The molecule has 128 valence electrons. The monoisotopic (exact) mass is 331 g/mol. The van der Waals surface area contributed by atoms with E-state index in [-0.39, 0.29) is 12.0 Å². The Hall–Kier alpha value is -2.40. The molecule has 0 aliphatic rings. The van der Waals surface area contributed by atoms with Crippen molar-refractivity contribution < 1.29 is 18.7 Å². The van der Waals surface area contributed by atoms with Gasteiger partial charge in [0.1, 0.15) is 11.6 Å². The molecule has 0 saturated carbocycles. The van der Waals surface area contributed by atoms with Crippen LogP contribution in [0.4, 0.5) is 10.1 Å². The largest absolute Gasteiger partial charge is 0.494 e. The summed E-state index contributed by atoms with van der Waals surface area (Å²) >= 11 is 0. The number of carbonyl (C=O) groups is 1. The standard InChI is InChI=1S/C19H22FNO3/c1-4-23-18-9-8-14(10-15(18)12-24-13(2)3)19(22)21-17-7-5-6-16(20)11-17/h5-11,13H,4,12H2,1-3H3,(H,21,22). The van der Waals surface area contributed by atoms with Crippen LogP contribution >= 0.6 is 0 Å². The third-order valence-corrected chi connectivity index (χ3v) is 3.28. The van der Waals surface area contributed by atoms with E-state index in [9.17, 15) is 9.18 Å². The van der Waals surface area contributed by atoms with E-state index in [1.165, 1.54) is 12.1 Å². The molecule has 2 aromatic rings. The van der Waals surface area contributed by atoms with E-state index in [0.717, 1.165) is 5.56 Å². The van der Waals surface area contributed by atoms with Crippen molar-refractivity contribution in [1.29, 1.82) is 0 Å². The lowest BCUT2D eigenvalue weighted by molar-refractivity contribution is 0.0641. The van der Waals surface area contributed by atoms with Crippen molar-refractivity contribution in [1.82, 2.24) is 0 Å². The van der Waals surface area contributed by atoms with Crippen molar-refractivity contribution in [3.63, 3.8) is 0 Å². The number of amides is 1. The molecule has 0 aliphatic heterocycles. The minimum absolute atomic E-state index is 0.0734. The average molecular weight is 331 g/mol. The number of carbonyl (C=O) groups excluding carboxylic acids is 1. The summed E-state index contributed by atoms with van der Waals surface area (Å²) in [5, 5.41) is 2.68. The maximum absolute atomic E-state index is 13.2. The Morgan fingerprint density at radius 2 is 2.00 bits per heavy atom. The molecule has 0 saturated heterocycles. The molecular weight excluding hydrogens is 309 g/mol. The lowest BCUT2D eigenvalue weighted by Crippen LogP contribution is -2.13. The fourth-order valence-corrected chi connectivity index (χ4v) is 2.16. The fraction of sp³-hybridized carbons (Fsp3) is 0.316. The van der Waals surface area contributed by atoms with Crippen molar-refractivity contribution in [2.45, 2.75) is 33.5 Å². The number of benzene rings is 2. The van der Waals surface area contributed by atoms with Crippen molar-refractivity contribution in [3.8, 4) is 5.75 Å². The number of ether oxygens (including phenoxy) is 2. The second kappa shape index (κ2) is 8.45. The maximum atomic E-state index is 13.2. The first kappa shape index (κ1) is 17.9. The lowest BCUT2D eigenvalue weighted by Gasteiger charge is -2.14. The number of hydrogen-bond donors (Lipinski definition) is 1. The molecular formula is C19H22FNO3. The second-order valence-electron chi connectivity index (χ2n) is 5.58. The summed E-state index contributed by atoms with van der Waals surface area (Å²) in [6.45, 7) is 6.68. The molecule has 0 unspecified atom stereocenters. The van der Waals surface area contributed by atoms with E-state index in [4.69, 9.17) is 9.47 Å². The van der Waals surface area contributed by atoms with Gasteiger partial charge in [-0.1, -0.05) is 6.07 Å². The van der Waals surface area contributed by atoms with E-state index in [1.807, 2.05) is 20.8 Å². The Morgan fingerprint density at radius 3 is 2.67 bits per heavy atom. The third-order valence-electron chi connectivity index (χ3n) is 3.28. The molecule has 0 spiro atoms. The Bertz CT molecular complexity index is 701. The van der Waals surface area contributed by atoms with Crippen molar-refractivity contribution >= 4 is 11.6 Å². The zero-order valence-electron chi connectivity index (χ0n) is 14.1. The van der Waals surface area contributed by atoms with E-state index < -0.39 is 5.82 Å². The predicted octanol–water partition coefficient (Wildman–Crippen LogP) is 4.40. The molecule has 1 amide bonds. The minimum Gasteiger partial charge on any atom is -0.494 e. The zero-order valence-corrected chi connectivity index (χ0v) is 14.1. The molecule has 2 aromatic carbocycles. The second-order valence-corrected chi connectivity index (χ2v) is 5.58. The summed E-state index contributed by atoms with van der Waals surface area (Å²) in [5.74, 6) is -0.0135. The summed E-state index contributed by atoms with van der Waals surface area (Å²) in [6.07, 6.45) is 0.0734. The number of rotatable bonds is 7. The van der Waals surface area contributed by atoms with Crippen LogP contribution in [0.3, 0.4) is 0 Å². The maximum Gasteiger partial charge on any atom is 0.255 e. The molecule has 0 aromatic heterocycles. The van der Waals surface area contributed by atoms with Crippen molar-refractivity contribution in [2.75, 3.05) is 11.9 Å². The summed E-state index contributed by atoms with van der Waals surface area (Å²) in [6, 6.07) is 11.0. The highest BCUT2D eigenvalue weighted by atomic mass is 19.1. The minimum atomic E-state index is -0.398. The molecule has 0 aliphatic carbocycles. The van der Waals surface area contributed by atoms with Gasteiger partial charge in [0.15, 0.2) is 0 Å². The van der Waals surface area contributed by atoms with Crippen LogP contribution in [0.2, 0.25) is 0 Å². The highest BCUT2D eigenvalue weighted by Gasteiger charge is 2.12. The number of halogens is 1. The number of nitrogens with one attached hydrogen (secondary N) is 1. The van der Waals surface area contributed by atoms with E-state index in [1.54, 1.807) is 30.3 Å². The van der Waals surface area contributed by atoms with Gasteiger partial charge in [0.05, 0.1) is 19.3 Å². The van der Waals surface area contributed by atoms with Gasteiger partial charge in [-0.05, 0) is 57.2 Å². The first-order valence-corrected chi connectivity index (χ1v) is 7.94. The van der Waals surface area contributed by atoms with Crippen LogP contribution in [0.25, 0.3) is 0 Å². The molecule has 5 heteroatoms. The summed E-state index contributed by atoms with van der Waals surface area (Å²) < 4.78 is 24.4. The molecule has 0 radical (unpaired) electrons. The van der Waals surface area contributed by atoms with Crippen LogP contribution < -0.4 is 10.1 Å². The van der Waals surface area contributed by atoms with Crippen LogP contribution in [0.1, 0.15) is 36.7 Å². The van der Waals surface area contributed by atoms with Gasteiger partial charge in [0.25, 0.3) is 5.91 Å². The van der Waals surface area contributed by atoms with Gasteiger partial charge in [0.2, 0.25) is 0 Å². The summed E-state index contributed by atoms with van der Waals surface area (Å²) in [4.78, 5) is 12.4. The van der Waals surface area contributed by atoms with Gasteiger partial charge in [-0.3, -0.25) is 4.79 Å². The van der Waals surface area contributed by atoms with Gasteiger partial charge in [-0.2, -0.15) is 0 Å². The predicted molar refractivity (Wildman–Crippen MR) is 91.9 cm³/mol. The molecule has 0 atom stereocenters. The van der Waals surface area contributed by atoms with Crippen molar-refractivity contribution in [3.05, 3.63) is 59.4 Å². The molecule has 0 heterocycles. The Morgan fingerprint density at radius 1 is 1.21 bits per heavy atom. The highest BCUT2D eigenvalue weighted by Crippen LogP contribution is 2.23. The van der Waals surface area contributed by atoms with Gasteiger partial charge in [-0.15, -0.1) is 0 Å². The summed E-state index contributed by atoms with van der Waals surface area (Å²) in [5.41, 5.74) is 1.68. The van der Waals surface area contributed by atoms with Gasteiger partial charge in [0, 0.05) is 16.8 Å². The molecule has 0 fully saturated rings. The van der Waals surface area contributed by atoms with Gasteiger partial charge < -0.3 is 14.8 Å². The number of anilines is 1. The first-order valence-electron chi connectivity index (χ1n) is 7.94. The number of hydrogen-bond acceptors (Lipinski definition) is 3. The molecule has 24 heavy (non-hydrogen) atoms. The van der Waals surface area contributed by atoms with Crippen LogP contribution in [-0.4, -0.2) is 18.6 Å². The van der Waals surface area contributed by atoms with Gasteiger partial charge >= 0.3 is 0 Å². The SMILES string of the molecule is CCOc1ccc(C(=O)Nc2cccc(F)c2)cc1COC(C)C. The van der Waals surface area contributed by atoms with Gasteiger partial charge in [-0.25, -0.2) is 4.39 Å².